The number of ketones is 1. The predicted molar refractivity (Wildman–Crippen MR) is 93.6 cm³/mol. The first-order valence-corrected chi connectivity index (χ1v) is 10.0. The smallest absolute Gasteiger partial charge is 0.219 e. The van der Waals surface area contributed by atoms with Gasteiger partial charge in [-0.3, -0.25) is 9.59 Å². The summed E-state index contributed by atoms with van der Waals surface area (Å²) in [6.07, 6.45) is 3.16. The summed E-state index contributed by atoms with van der Waals surface area (Å²) >= 11 is 5.15. The van der Waals surface area contributed by atoms with Gasteiger partial charge in [0.2, 0.25) is 5.12 Å². The van der Waals surface area contributed by atoms with E-state index in [0.29, 0.717) is 11.1 Å². The molecule has 20 heavy (non-hydrogen) atoms. The first-order chi connectivity index (χ1) is 9.65. The van der Waals surface area contributed by atoms with Crippen LogP contribution in [0.15, 0.2) is 24.3 Å². The van der Waals surface area contributed by atoms with Crippen LogP contribution in [0.3, 0.4) is 0 Å². The molecule has 5 heteroatoms. The summed E-state index contributed by atoms with van der Waals surface area (Å²) < 4.78 is 0. The zero-order chi connectivity index (χ0) is 14.8. The first-order valence-electron chi connectivity index (χ1n) is 6.50. The minimum Gasteiger partial charge on any atom is -0.295 e. The molecule has 0 spiro atoms. The number of rotatable bonds is 9. The van der Waals surface area contributed by atoms with Gasteiger partial charge < -0.3 is 0 Å². The Kier molecular flexibility index (Phi) is 9.14. The Balaban J connectivity index is 2.29. The third-order valence-electron chi connectivity index (χ3n) is 2.60. The summed E-state index contributed by atoms with van der Waals surface area (Å²) in [6.45, 7) is 1.52. The molecule has 0 aliphatic carbocycles. The normalized spacial score (nSPS) is 10.5. The van der Waals surface area contributed by atoms with Crippen molar-refractivity contribution in [2.75, 3.05) is 29.3 Å². The fourth-order valence-corrected chi connectivity index (χ4v) is 4.16. The molecule has 1 aromatic carbocycles. The lowest BCUT2D eigenvalue weighted by molar-refractivity contribution is 0.101. The van der Waals surface area contributed by atoms with E-state index in [1.807, 2.05) is 23.5 Å². The lowest BCUT2D eigenvalue weighted by Gasteiger charge is -2.03. The SMILES string of the molecule is CSCCSCCCSC(=O)c1cccc(C(C)=O)c1. The first kappa shape index (κ1) is 17.7. The molecule has 2 nitrogen and oxygen atoms in total. The van der Waals surface area contributed by atoms with E-state index >= 15 is 0 Å². The molecule has 0 N–H and O–H groups in total. The number of thioether (sulfide) groups is 3. The summed E-state index contributed by atoms with van der Waals surface area (Å²) in [7, 11) is 0. The monoisotopic (exact) mass is 328 g/mol. The van der Waals surface area contributed by atoms with Crippen LogP contribution in [0.4, 0.5) is 0 Å². The van der Waals surface area contributed by atoms with Gasteiger partial charge in [-0.15, -0.1) is 0 Å². The van der Waals surface area contributed by atoms with Crippen LogP contribution in [0, 0.1) is 0 Å². The fraction of sp³-hybridized carbons (Fsp3) is 0.467. The minimum atomic E-state index is -0.00477. The van der Waals surface area contributed by atoms with Gasteiger partial charge in [-0.2, -0.15) is 23.5 Å². The Hall–Kier alpha value is -0.390. The van der Waals surface area contributed by atoms with E-state index in [9.17, 15) is 9.59 Å². The molecule has 0 fully saturated rings. The molecule has 0 aliphatic heterocycles. The van der Waals surface area contributed by atoms with Gasteiger partial charge in [-0.1, -0.05) is 30.0 Å². The van der Waals surface area contributed by atoms with E-state index in [4.69, 9.17) is 0 Å². The fourth-order valence-electron chi connectivity index (χ4n) is 1.52. The van der Waals surface area contributed by atoms with Gasteiger partial charge in [0.05, 0.1) is 0 Å². The molecule has 0 heterocycles. The van der Waals surface area contributed by atoms with Gasteiger partial charge in [-0.25, -0.2) is 0 Å². The van der Waals surface area contributed by atoms with E-state index in [1.165, 1.54) is 30.2 Å². The Morgan fingerprint density at radius 1 is 1.05 bits per heavy atom. The van der Waals surface area contributed by atoms with Crippen LogP contribution in [-0.2, 0) is 0 Å². The summed E-state index contributed by atoms with van der Waals surface area (Å²) in [5, 5.41) is 0.0576. The molecule has 0 amide bonds. The van der Waals surface area contributed by atoms with E-state index in [0.717, 1.165) is 17.9 Å². The molecular weight excluding hydrogens is 308 g/mol. The summed E-state index contributed by atoms with van der Waals surface area (Å²) in [5.41, 5.74) is 1.22. The summed E-state index contributed by atoms with van der Waals surface area (Å²) in [5.74, 6) is 4.31. The number of hydrogen-bond acceptors (Lipinski definition) is 5. The summed E-state index contributed by atoms with van der Waals surface area (Å²) in [6, 6.07) is 6.97. The molecular formula is C15H20O2S3. The van der Waals surface area contributed by atoms with Crippen molar-refractivity contribution >= 4 is 46.2 Å². The highest BCUT2D eigenvalue weighted by Gasteiger charge is 2.08. The Bertz CT molecular complexity index is 446. The molecule has 0 aromatic heterocycles. The van der Waals surface area contributed by atoms with Crippen LogP contribution in [0.2, 0.25) is 0 Å². The maximum Gasteiger partial charge on any atom is 0.219 e. The highest BCUT2D eigenvalue weighted by molar-refractivity contribution is 8.14. The highest BCUT2D eigenvalue weighted by atomic mass is 32.2. The van der Waals surface area contributed by atoms with E-state index in [-0.39, 0.29) is 10.9 Å². The van der Waals surface area contributed by atoms with Crippen molar-refractivity contribution in [1.82, 2.24) is 0 Å². The zero-order valence-corrected chi connectivity index (χ0v) is 14.3. The van der Waals surface area contributed by atoms with Gasteiger partial charge in [-0.05, 0) is 31.4 Å². The third-order valence-corrected chi connectivity index (χ3v) is 5.53. The van der Waals surface area contributed by atoms with E-state index in [2.05, 4.69) is 6.26 Å². The molecule has 0 bridgehead atoms. The largest absolute Gasteiger partial charge is 0.295 e. The topological polar surface area (TPSA) is 34.1 Å². The van der Waals surface area contributed by atoms with Crippen LogP contribution >= 0.6 is 35.3 Å². The molecule has 0 saturated heterocycles. The number of benzene rings is 1. The minimum absolute atomic E-state index is 0.00477. The van der Waals surface area contributed by atoms with Gasteiger partial charge in [0.15, 0.2) is 5.78 Å². The van der Waals surface area contributed by atoms with Crippen LogP contribution in [-0.4, -0.2) is 40.2 Å². The maximum absolute atomic E-state index is 12.0. The van der Waals surface area contributed by atoms with E-state index < -0.39 is 0 Å². The van der Waals surface area contributed by atoms with Crippen molar-refractivity contribution in [3.63, 3.8) is 0 Å². The average molecular weight is 329 g/mol. The third kappa shape index (κ3) is 6.86. The van der Waals surface area contributed by atoms with Crippen molar-refractivity contribution in [3.05, 3.63) is 35.4 Å². The number of hydrogen-bond donors (Lipinski definition) is 0. The predicted octanol–water partition coefficient (Wildman–Crippen LogP) is 4.25. The average Bonchev–Trinajstić information content (AvgIpc) is 2.46. The van der Waals surface area contributed by atoms with Crippen molar-refractivity contribution in [2.24, 2.45) is 0 Å². The molecule has 0 radical (unpaired) electrons. The second-order valence-electron chi connectivity index (χ2n) is 4.23. The van der Waals surface area contributed by atoms with Gasteiger partial charge in [0, 0.05) is 28.4 Å². The van der Waals surface area contributed by atoms with E-state index in [1.54, 1.807) is 24.3 Å². The van der Waals surface area contributed by atoms with Crippen LogP contribution in [0.25, 0.3) is 0 Å². The highest BCUT2D eigenvalue weighted by Crippen LogP contribution is 2.16. The zero-order valence-electron chi connectivity index (χ0n) is 11.9. The van der Waals surface area contributed by atoms with Gasteiger partial charge in [0.25, 0.3) is 0 Å². The molecule has 0 atom stereocenters. The quantitative estimate of drug-likeness (QED) is 0.500. The molecule has 0 saturated carbocycles. The maximum atomic E-state index is 12.0. The Morgan fingerprint density at radius 3 is 2.50 bits per heavy atom. The van der Waals surface area contributed by atoms with Crippen molar-refractivity contribution in [2.45, 2.75) is 13.3 Å². The molecule has 1 rings (SSSR count). The molecule has 0 aliphatic rings. The molecule has 110 valence electrons. The van der Waals surface area contributed by atoms with Crippen LogP contribution in [0.5, 0.6) is 0 Å². The molecule has 1 aromatic rings. The van der Waals surface area contributed by atoms with Gasteiger partial charge in [0.1, 0.15) is 0 Å². The number of Topliss-reactive ketones (excluding diaryl/α,β-unsaturated/α-hetero) is 1. The Morgan fingerprint density at radius 2 is 1.80 bits per heavy atom. The van der Waals surface area contributed by atoms with Crippen LogP contribution < -0.4 is 0 Å². The second-order valence-corrected chi connectivity index (χ2v) is 7.51. The van der Waals surface area contributed by atoms with Crippen molar-refractivity contribution in [3.8, 4) is 0 Å². The number of carbonyl (C=O) groups excluding carboxylic acids is 2. The lowest BCUT2D eigenvalue weighted by atomic mass is 10.1. The van der Waals surface area contributed by atoms with Gasteiger partial charge >= 0.3 is 0 Å². The lowest BCUT2D eigenvalue weighted by Crippen LogP contribution is -1.99. The van der Waals surface area contributed by atoms with Crippen molar-refractivity contribution < 1.29 is 9.59 Å². The standard InChI is InChI=1S/C15H20O2S3/c1-12(16)13-5-3-6-14(11-13)15(17)20-8-4-7-19-10-9-18-2/h3,5-6,11H,4,7-10H2,1-2H3. The summed E-state index contributed by atoms with van der Waals surface area (Å²) in [4.78, 5) is 23.3. The van der Waals surface area contributed by atoms with Crippen molar-refractivity contribution in [1.29, 1.82) is 0 Å². The number of carbonyl (C=O) groups is 2. The van der Waals surface area contributed by atoms with Crippen LogP contribution in [0.1, 0.15) is 34.1 Å². The molecule has 0 unspecified atom stereocenters. The Labute approximate surface area is 133 Å². The second kappa shape index (κ2) is 10.4.